The summed E-state index contributed by atoms with van der Waals surface area (Å²) in [5.41, 5.74) is 14.0. The van der Waals surface area contributed by atoms with Gasteiger partial charge in [0.2, 0.25) is 0 Å². The Kier molecular flexibility index (Phi) is 8.04. The lowest BCUT2D eigenvalue weighted by Gasteiger charge is -2.27. The van der Waals surface area contributed by atoms with E-state index in [1.54, 1.807) is 0 Å². The van der Waals surface area contributed by atoms with Crippen LogP contribution in [0.2, 0.25) is 0 Å². The monoisotopic (exact) mass is 744 g/mol. The molecule has 0 aliphatic rings. The number of rotatable bonds is 7. The van der Waals surface area contributed by atoms with Crippen molar-refractivity contribution in [2.24, 2.45) is 0 Å². The topological polar surface area (TPSA) is 8.17 Å². The van der Waals surface area contributed by atoms with Crippen molar-refractivity contribution in [1.29, 1.82) is 0 Å². The standard InChI is InChI=1S/C54H36N2S/c1-4-16-37(17-5-1)39-20-12-24-42(34-39)55(43-25-13-21-40(35-43)46-28-14-29-48-47-26-10-11-31-52(47)57-54(46)48)44-32-33-49-51(36-44)56(41-22-8-3-9-23-41)50-30-15-27-45(53(49)50)38-18-6-2-7-19-38/h1-36H. The highest BCUT2D eigenvalue weighted by Gasteiger charge is 2.21. The molecule has 57 heavy (non-hydrogen) atoms. The van der Waals surface area contributed by atoms with Crippen LogP contribution in [0.5, 0.6) is 0 Å². The zero-order valence-corrected chi connectivity index (χ0v) is 31.9. The third-order valence-corrected chi connectivity index (χ3v) is 12.4. The molecular formula is C54H36N2S. The molecule has 0 aliphatic carbocycles. The van der Waals surface area contributed by atoms with Gasteiger partial charge < -0.3 is 9.47 Å². The van der Waals surface area contributed by atoms with Crippen LogP contribution in [-0.4, -0.2) is 4.57 Å². The second-order valence-corrected chi connectivity index (χ2v) is 15.6. The lowest BCUT2D eigenvalue weighted by Crippen LogP contribution is -2.10. The van der Waals surface area contributed by atoms with Crippen LogP contribution >= 0.6 is 11.3 Å². The van der Waals surface area contributed by atoms with Crippen molar-refractivity contribution >= 4 is 70.4 Å². The van der Waals surface area contributed by atoms with E-state index in [4.69, 9.17) is 0 Å². The van der Waals surface area contributed by atoms with Gasteiger partial charge in [0.1, 0.15) is 0 Å². The van der Waals surface area contributed by atoms with Crippen LogP contribution in [0, 0.1) is 0 Å². The van der Waals surface area contributed by atoms with Gasteiger partial charge in [0.15, 0.2) is 0 Å². The molecule has 2 nitrogen and oxygen atoms in total. The summed E-state index contributed by atoms with van der Waals surface area (Å²) in [7, 11) is 0. The Hall–Kier alpha value is -7.20. The molecule has 3 heteroatoms. The van der Waals surface area contributed by atoms with E-state index in [1.807, 2.05) is 11.3 Å². The van der Waals surface area contributed by atoms with Crippen LogP contribution in [0.15, 0.2) is 218 Å². The molecule has 0 spiro atoms. The van der Waals surface area contributed by atoms with Crippen molar-refractivity contribution in [1.82, 2.24) is 4.57 Å². The van der Waals surface area contributed by atoms with Crippen molar-refractivity contribution in [3.63, 3.8) is 0 Å². The molecule has 2 heterocycles. The first kappa shape index (κ1) is 33.2. The normalized spacial score (nSPS) is 11.5. The van der Waals surface area contributed by atoms with Gasteiger partial charge in [-0.15, -0.1) is 11.3 Å². The van der Waals surface area contributed by atoms with Crippen molar-refractivity contribution < 1.29 is 0 Å². The van der Waals surface area contributed by atoms with Gasteiger partial charge >= 0.3 is 0 Å². The SMILES string of the molecule is c1ccc(-c2cccc(N(c3cccc(-c4cccc5c4sc4ccccc45)c3)c3ccc4c5c(-c6ccccc6)cccc5n(-c5ccccc5)c4c3)c2)cc1. The lowest BCUT2D eigenvalue weighted by molar-refractivity contribution is 1.18. The summed E-state index contributed by atoms with van der Waals surface area (Å²) in [6.07, 6.45) is 0. The molecule has 0 atom stereocenters. The van der Waals surface area contributed by atoms with E-state index in [1.165, 1.54) is 69.8 Å². The number of nitrogens with zero attached hydrogens (tertiary/aromatic N) is 2. The molecule has 0 N–H and O–H groups in total. The Morgan fingerprint density at radius 2 is 0.930 bits per heavy atom. The molecule has 0 amide bonds. The first-order chi connectivity index (χ1) is 28.3. The summed E-state index contributed by atoms with van der Waals surface area (Å²) in [4.78, 5) is 2.42. The van der Waals surface area contributed by atoms with E-state index in [9.17, 15) is 0 Å². The molecule has 0 aliphatic heterocycles. The number of hydrogen-bond donors (Lipinski definition) is 0. The largest absolute Gasteiger partial charge is 0.310 e. The minimum atomic E-state index is 1.09. The Balaban J connectivity index is 1.15. The Morgan fingerprint density at radius 1 is 0.351 bits per heavy atom. The number of benzene rings is 9. The predicted molar refractivity (Wildman–Crippen MR) is 245 cm³/mol. The average molecular weight is 745 g/mol. The van der Waals surface area contributed by atoms with E-state index in [2.05, 4.69) is 228 Å². The zero-order chi connectivity index (χ0) is 37.7. The molecule has 11 aromatic rings. The summed E-state index contributed by atoms with van der Waals surface area (Å²) in [5.74, 6) is 0. The molecule has 11 rings (SSSR count). The quantitative estimate of drug-likeness (QED) is 0.158. The number of thiophene rings is 1. The highest BCUT2D eigenvalue weighted by Crippen LogP contribution is 2.45. The zero-order valence-electron chi connectivity index (χ0n) is 31.1. The maximum atomic E-state index is 2.43. The van der Waals surface area contributed by atoms with Gasteiger partial charge in [-0.2, -0.15) is 0 Å². The van der Waals surface area contributed by atoms with E-state index in [0.717, 1.165) is 28.3 Å². The van der Waals surface area contributed by atoms with Crippen LogP contribution in [0.4, 0.5) is 17.1 Å². The molecule has 0 bridgehead atoms. The third kappa shape index (κ3) is 5.71. The number of fused-ring (bicyclic) bond motifs is 6. The smallest absolute Gasteiger partial charge is 0.0562 e. The van der Waals surface area contributed by atoms with E-state index < -0.39 is 0 Å². The van der Waals surface area contributed by atoms with E-state index in [0.29, 0.717) is 0 Å². The molecule has 9 aromatic carbocycles. The van der Waals surface area contributed by atoms with Crippen LogP contribution in [0.1, 0.15) is 0 Å². The molecule has 0 saturated heterocycles. The molecule has 0 fully saturated rings. The summed E-state index contributed by atoms with van der Waals surface area (Å²) >= 11 is 1.88. The van der Waals surface area contributed by atoms with Gasteiger partial charge in [0, 0.05) is 53.7 Å². The van der Waals surface area contributed by atoms with Gasteiger partial charge in [-0.25, -0.2) is 0 Å². The number of anilines is 3. The van der Waals surface area contributed by atoms with Gasteiger partial charge in [0.05, 0.1) is 11.0 Å². The van der Waals surface area contributed by atoms with Gasteiger partial charge in [-0.1, -0.05) is 158 Å². The molecule has 268 valence electrons. The highest BCUT2D eigenvalue weighted by atomic mass is 32.1. The lowest BCUT2D eigenvalue weighted by atomic mass is 9.99. The Labute approximate surface area is 335 Å². The van der Waals surface area contributed by atoms with Gasteiger partial charge in [-0.05, 0) is 94.0 Å². The van der Waals surface area contributed by atoms with Crippen molar-refractivity contribution in [3.8, 4) is 39.1 Å². The predicted octanol–water partition coefficient (Wildman–Crippen LogP) is 15.6. The van der Waals surface area contributed by atoms with E-state index >= 15 is 0 Å². The average Bonchev–Trinajstić information content (AvgIpc) is 3.83. The third-order valence-electron chi connectivity index (χ3n) is 11.2. The number of aromatic nitrogens is 1. The fourth-order valence-electron chi connectivity index (χ4n) is 8.60. The summed E-state index contributed by atoms with van der Waals surface area (Å²) in [5, 5.41) is 5.10. The van der Waals surface area contributed by atoms with E-state index in [-0.39, 0.29) is 0 Å². The maximum Gasteiger partial charge on any atom is 0.0562 e. The summed E-state index contributed by atoms with van der Waals surface area (Å²) in [6, 6.07) is 79.4. The molecule has 0 radical (unpaired) electrons. The molecular weight excluding hydrogens is 709 g/mol. The van der Waals surface area contributed by atoms with Crippen LogP contribution in [0.25, 0.3) is 81.0 Å². The highest BCUT2D eigenvalue weighted by molar-refractivity contribution is 7.26. The van der Waals surface area contributed by atoms with Crippen molar-refractivity contribution in [3.05, 3.63) is 218 Å². The fourth-order valence-corrected chi connectivity index (χ4v) is 9.84. The Bertz CT molecular complexity index is 3230. The maximum absolute atomic E-state index is 2.43. The first-order valence-corrected chi connectivity index (χ1v) is 20.2. The van der Waals surface area contributed by atoms with Crippen molar-refractivity contribution in [2.45, 2.75) is 0 Å². The van der Waals surface area contributed by atoms with Crippen LogP contribution < -0.4 is 4.90 Å². The number of hydrogen-bond acceptors (Lipinski definition) is 2. The number of para-hydroxylation sites is 1. The van der Waals surface area contributed by atoms with Gasteiger partial charge in [-0.3, -0.25) is 0 Å². The van der Waals surface area contributed by atoms with Crippen LogP contribution in [0.3, 0.4) is 0 Å². The fraction of sp³-hybridized carbons (Fsp3) is 0. The van der Waals surface area contributed by atoms with Crippen molar-refractivity contribution in [2.75, 3.05) is 4.90 Å². The minimum Gasteiger partial charge on any atom is -0.310 e. The Morgan fingerprint density at radius 3 is 1.72 bits per heavy atom. The molecule has 0 unspecified atom stereocenters. The second kappa shape index (κ2) is 13.8. The first-order valence-electron chi connectivity index (χ1n) is 19.4. The summed E-state index contributed by atoms with van der Waals surface area (Å²) < 4.78 is 5.06. The van der Waals surface area contributed by atoms with Crippen LogP contribution in [-0.2, 0) is 0 Å². The van der Waals surface area contributed by atoms with Gasteiger partial charge in [0.25, 0.3) is 0 Å². The minimum absolute atomic E-state index is 1.09. The second-order valence-electron chi connectivity index (χ2n) is 14.5. The summed E-state index contributed by atoms with van der Waals surface area (Å²) in [6.45, 7) is 0. The molecule has 0 saturated carbocycles. The molecule has 2 aromatic heterocycles.